The van der Waals surface area contributed by atoms with Gasteiger partial charge in [-0.05, 0) is 37.3 Å². The second-order valence-electron chi connectivity index (χ2n) is 5.84. The molecule has 0 aromatic carbocycles. The second kappa shape index (κ2) is 4.02. The molecule has 2 rings (SSSR count). The summed E-state index contributed by atoms with van der Waals surface area (Å²) in [4.78, 5) is 0. The van der Waals surface area contributed by atoms with Crippen molar-refractivity contribution in [2.24, 2.45) is 5.92 Å². The fourth-order valence-electron chi connectivity index (χ4n) is 2.28. The smallest absolute Gasteiger partial charge is 0.225 e. The van der Waals surface area contributed by atoms with Crippen LogP contribution in [0.5, 0.6) is 0 Å². The molecule has 1 unspecified atom stereocenters. The van der Waals surface area contributed by atoms with Crippen molar-refractivity contribution in [2.75, 3.05) is 0 Å². The van der Waals surface area contributed by atoms with Crippen LogP contribution < -0.4 is 0 Å². The normalized spacial score (nSPS) is 19.6. The summed E-state index contributed by atoms with van der Waals surface area (Å²) in [6.07, 6.45) is 3.96. The molecule has 0 spiro atoms. The van der Waals surface area contributed by atoms with E-state index >= 15 is 0 Å². The highest BCUT2D eigenvalue weighted by Crippen LogP contribution is 2.39. The number of nitrogens with zero attached hydrogens (tertiary/aromatic N) is 3. The zero-order valence-electron chi connectivity index (χ0n) is 10.5. The Kier molecular flexibility index (Phi) is 2.99. The minimum Gasteiger partial charge on any atom is -0.298 e. The van der Waals surface area contributed by atoms with Crippen molar-refractivity contribution in [3.8, 4) is 0 Å². The van der Waals surface area contributed by atoms with E-state index in [9.17, 15) is 0 Å². The largest absolute Gasteiger partial charge is 0.298 e. The van der Waals surface area contributed by atoms with Gasteiger partial charge >= 0.3 is 0 Å². The van der Waals surface area contributed by atoms with E-state index in [1.165, 1.54) is 19.3 Å². The van der Waals surface area contributed by atoms with Gasteiger partial charge in [-0.1, -0.05) is 27.2 Å². The molecule has 0 amide bonds. The van der Waals surface area contributed by atoms with Crippen molar-refractivity contribution in [3.63, 3.8) is 0 Å². The first kappa shape index (κ1) is 11.9. The molecule has 90 valence electrons. The molecule has 1 aromatic rings. The van der Waals surface area contributed by atoms with Gasteiger partial charge in [-0.2, -0.15) is 0 Å². The molecule has 0 radical (unpaired) electrons. The Morgan fingerprint density at radius 2 is 1.94 bits per heavy atom. The minimum atomic E-state index is -0.00184. The topological polar surface area (TPSA) is 30.7 Å². The number of aromatic nitrogens is 3. The Bertz CT molecular complexity index is 374. The predicted octanol–water partition coefficient (Wildman–Crippen LogP) is 3.59. The van der Waals surface area contributed by atoms with Crippen LogP contribution in [0.3, 0.4) is 0 Å². The second-order valence-corrected chi connectivity index (χ2v) is 6.18. The van der Waals surface area contributed by atoms with E-state index in [1.807, 2.05) is 0 Å². The molecule has 1 aliphatic rings. The van der Waals surface area contributed by atoms with E-state index in [2.05, 4.69) is 42.5 Å². The van der Waals surface area contributed by atoms with Gasteiger partial charge in [-0.25, -0.2) is 0 Å². The molecular weight excluding hydrogens is 222 g/mol. The van der Waals surface area contributed by atoms with Crippen LogP contribution >= 0.6 is 11.6 Å². The summed E-state index contributed by atoms with van der Waals surface area (Å²) < 4.78 is 2.12. The molecule has 3 nitrogen and oxygen atoms in total. The summed E-state index contributed by atoms with van der Waals surface area (Å²) in [5.41, 5.74) is -0.00184. The Hall–Kier alpha value is -0.570. The van der Waals surface area contributed by atoms with Crippen molar-refractivity contribution in [3.05, 3.63) is 11.1 Å². The fraction of sp³-hybridized carbons (Fsp3) is 0.833. The lowest BCUT2D eigenvalue weighted by Crippen LogP contribution is -2.28. The third kappa shape index (κ3) is 1.97. The molecule has 1 aliphatic carbocycles. The third-order valence-electron chi connectivity index (χ3n) is 3.56. The van der Waals surface area contributed by atoms with Crippen LogP contribution in [0.1, 0.15) is 58.8 Å². The molecule has 1 atom stereocenters. The maximum absolute atomic E-state index is 6.16. The number of halogens is 1. The molecule has 1 fully saturated rings. The lowest BCUT2D eigenvalue weighted by Gasteiger charge is -2.34. The van der Waals surface area contributed by atoms with Crippen molar-refractivity contribution in [1.29, 1.82) is 0 Å². The number of hydrogen-bond donors (Lipinski definition) is 0. The standard InChI is InChI=1S/C12H20ClN3/c1-8(9-6-5-7-9)16-10(12(2,3)4)14-15-11(16)13/h8-9H,5-7H2,1-4H3. The number of rotatable bonds is 2. The van der Waals surface area contributed by atoms with Gasteiger partial charge in [0.2, 0.25) is 5.28 Å². The van der Waals surface area contributed by atoms with Gasteiger partial charge in [0.25, 0.3) is 0 Å². The van der Waals surface area contributed by atoms with E-state index in [4.69, 9.17) is 11.6 Å². The van der Waals surface area contributed by atoms with Gasteiger partial charge in [-0.3, -0.25) is 4.57 Å². The van der Waals surface area contributed by atoms with Crippen LogP contribution in [0.4, 0.5) is 0 Å². The van der Waals surface area contributed by atoms with Gasteiger partial charge in [-0.15, -0.1) is 10.2 Å². The summed E-state index contributed by atoms with van der Waals surface area (Å²) in [7, 11) is 0. The van der Waals surface area contributed by atoms with Crippen LogP contribution in [0.25, 0.3) is 0 Å². The van der Waals surface area contributed by atoms with E-state index in [0.29, 0.717) is 11.3 Å². The number of hydrogen-bond acceptors (Lipinski definition) is 2. The first-order valence-corrected chi connectivity index (χ1v) is 6.40. The fourth-order valence-corrected chi connectivity index (χ4v) is 2.55. The van der Waals surface area contributed by atoms with Gasteiger partial charge in [0.1, 0.15) is 5.82 Å². The van der Waals surface area contributed by atoms with Crippen LogP contribution in [0.2, 0.25) is 5.28 Å². The lowest BCUT2D eigenvalue weighted by atomic mass is 9.80. The molecule has 1 saturated carbocycles. The van der Waals surface area contributed by atoms with Crippen molar-refractivity contribution >= 4 is 11.6 Å². The predicted molar refractivity (Wildman–Crippen MR) is 65.8 cm³/mol. The van der Waals surface area contributed by atoms with E-state index in [0.717, 1.165) is 11.7 Å². The van der Waals surface area contributed by atoms with E-state index in [1.54, 1.807) is 0 Å². The quantitative estimate of drug-likeness (QED) is 0.792. The molecule has 0 bridgehead atoms. The third-order valence-corrected chi connectivity index (χ3v) is 3.82. The van der Waals surface area contributed by atoms with Crippen molar-refractivity contribution < 1.29 is 0 Å². The molecule has 16 heavy (non-hydrogen) atoms. The summed E-state index contributed by atoms with van der Waals surface area (Å²) in [6.45, 7) is 8.68. The molecule has 0 N–H and O–H groups in total. The van der Waals surface area contributed by atoms with E-state index < -0.39 is 0 Å². The van der Waals surface area contributed by atoms with Gasteiger partial charge in [0.15, 0.2) is 0 Å². The molecule has 1 aromatic heterocycles. The Morgan fingerprint density at radius 3 is 2.38 bits per heavy atom. The highest BCUT2D eigenvalue weighted by molar-refractivity contribution is 6.28. The van der Waals surface area contributed by atoms with Gasteiger partial charge in [0.05, 0.1) is 0 Å². The van der Waals surface area contributed by atoms with Crippen LogP contribution in [-0.2, 0) is 5.41 Å². The Morgan fingerprint density at radius 1 is 1.31 bits per heavy atom. The molecule has 1 heterocycles. The van der Waals surface area contributed by atoms with Gasteiger partial charge < -0.3 is 0 Å². The van der Waals surface area contributed by atoms with Crippen molar-refractivity contribution in [1.82, 2.24) is 14.8 Å². The maximum atomic E-state index is 6.16. The highest BCUT2D eigenvalue weighted by atomic mass is 35.5. The SMILES string of the molecule is CC(C1CCC1)n1c(Cl)nnc1C(C)(C)C. The lowest BCUT2D eigenvalue weighted by molar-refractivity contribution is 0.215. The molecule has 4 heteroatoms. The van der Waals surface area contributed by atoms with Crippen molar-refractivity contribution in [2.45, 2.75) is 58.4 Å². The Labute approximate surface area is 102 Å². The van der Waals surface area contributed by atoms with Gasteiger partial charge in [0, 0.05) is 11.5 Å². The summed E-state index contributed by atoms with van der Waals surface area (Å²) in [5, 5.41) is 8.78. The first-order chi connectivity index (χ1) is 7.41. The highest BCUT2D eigenvalue weighted by Gasteiger charge is 2.31. The zero-order valence-corrected chi connectivity index (χ0v) is 11.3. The molecular formula is C12H20ClN3. The Balaban J connectivity index is 2.34. The summed E-state index contributed by atoms with van der Waals surface area (Å²) >= 11 is 6.16. The molecule has 0 aliphatic heterocycles. The minimum absolute atomic E-state index is 0.00184. The molecule has 0 saturated heterocycles. The van der Waals surface area contributed by atoms with E-state index in [-0.39, 0.29) is 5.41 Å². The average molecular weight is 242 g/mol. The summed E-state index contributed by atoms with van der Waals surface area (Å²) in [5.74, 6) is 1.74. The summed E-state index contributed by atoms with van der Waals surface area (Å²) in [6, 6.07) is 0.422. The van der Waals surface area contributed by atoms with Crippen LogP contribution in [0, 0.1) is 5.92 Å². The average Bonchev–Trinajstić information content (AvgIpc) is 2.42. The van der Waals surface area contributed by atoms with Crippen LogP contribution in [-0.4, -0.2) is 14.8 Å². The zero-order chi connectivity index (χ0) is 11.9. The maximum Gasteiger partial charge on any atom is 0.225 e. The first-order valence-electron chi connectivity index (χ1n) is 6.02. The monoisotopic (exact) mass is 241 g/mol. The van der Waals surface area contributed by atoms with Crippen LogP contribution in [0.15, 0.2) is 0 Å².